The molecule has 4 atom stereocenters. The van der Waals surface area contributed by atoms with Gasteiger partial charge in [-0.25, -0.2) is 0 Å². The Kier molecular flexibility index (Phi) is 3.33. The largest absolute Gasteiger partial charge is 0.309 e. The average molecular weight is 245 g/mol. The van der Waals surface area contributed by atoms with E-state index in [2.05, 4.69) is 22.2 Å². The lowest BCUT2D eigenvalue weighted by atomic mass is 9.88. The van der Waals surface area contributed by atoms with Gasteiger partial charge in [0.05, 0.1) is 11.4 Å². The van der Waals surface area contributed by atoms with Gasteiger partial charge < -0.3 is 5.32 Å². The summed E-state index contributed by atoms with van der Waals surface area (Å²) < 4.78 is 0. The fraction of sp³-hybridized carbons (Fsp3) is 0.733. The zero-order chi connectivity index (χ0) is 12.5. The molecule has 2 aliphatic rings. The summed E-state index contributed by atoms with van der Waals surface area (Å²) in [6.45, 7) is 5.39. The number of nitrogens with one attached hydrogen (secondary N) is 1. The number of aromatic nitrogens is 2. The van der Waals surface area contributed by atoms with Crippen LogP contribution in [0.2, 0.25) is 0 Å². The van der Waals surface area contributed by atoms with Crippen molar-refractivity contribution in [2.45, 2.75) is 45.6 Å². The molecule has 3 heteroatoms. The van der Waals surface area contributed by atoms with Crippen molar-refractivity contribution >= 4 is 0 Å². The lowest BCUT2D eigenvalue weighted by molar-refractivity contribution is 0.308. The maximum absolute atomic E-state index is 4.45. The topological polar surface area (TPSA) is 37.8 Å². The first-order valence-electron chi connectivity index (χ1n) is 7.25. The number of rotatable bonds is 4. The van der Waals surface area contributed by atoms with E-state index in [0.717, 1.165) is 35.7 Å². The molecule has 0 radical (unpaired) electrons. The number of nitrogens with zero attached hydrogens (tertiary/aromatic N) is 2. The average Bonchev–Trinajstić information content (AvgIpc) is 2.98. The van der Waals surface area contributed by atoms with E-state index >= 15 is 0 Å². The Morgan fingerprint density at radius 3 is 2.78 bits per heavy atom. The zero-order valence-electron chi connectivity index (χ0n) is 11.4. The normalized spacial score (nSPS) is 31.8. The van der Waals surface area contributed by atoms with E-state index < -0.39 is 0 Å². The molecule has 1 heterocycles. The predicted octanol–water partition coefficient (Wildman–Crippen LogP) is 2.87. The van der Waals surface area contributed by atoms with E-state index in [1.54, 1.807) is 12.4 Å². The van der Waals surface area contributed by atoms with Crippen molar-refractivity contribution in [3.63, 3.8) is 0 Å². The van der Waals surface area contributed by atoms with Crippen LogP contribution in [0.4, 0.5) is 0 Å². The Balaban J connectivity index is 1.56. The van der Waals surface area contributed by atoms with Gasteiger partial charge in [0.1, 0.15) is 0 Å². The van der Waals surface area contributed by atoms with E-state index in [1.165, 1.54) is 25.7 Å². The van der Waals surface area contributed by atoms with Gasteiger partial charge in [-0.15, -0.1) is 0 Å². The van der Waals surface area contributed by atoms with Crippen LogP contribution in [-0.4, -0.2) is 16.5 Å². The van der Waals surface area contributed by atoms with Crippen LogP contribution >= 0.6 is 0 Å². The maximum atomic E-state index is 4.45. The highest BCUT2D eigenvalue weighted by Crippen LogP contribution is 2.48. The third-order valence-electron chi connectivity index (χ3n) is 4.90. The molecule has 18 heavy (non-hydrogen) atoms. The van der Waals surface area contributed by atoms with Gasteiger partial charge in [-0.1, -0.05) is 6.42 Å². The summed E-state index contributed by atoms with van der Waals surface area (Å²) in [4.78, 5) is 8.76. The predicted molar refractivity (Wildman–Crippen MR) is 72.1 cm³/mol. The van der Waals surface area contributed by atoms with E-state index in [1.807, 2.05) is 6.92 Å². The first-order valence-corrected chi connectivity index (χ1v) is 7.25. The minimum atomic E-state index is 0.317. The molecule has 0 saturated heterocycles. The molecule has 2 fully saturated rings. The van der Waals surface area contributed by atoms with Crippen molar-refractivity contribution in [1.29, 1.82) is 0 Å². The molecule has 2 saturated carbocycles. The first-order chi connectivity index (χ1) is 8.74. The highest BCUT2D eigenvalue weighted by molar-refractivity contribution is 5.12. The van der Waals surface area contributed by atoms with Crippen LogP contribution in [0.5, 0.6) is 0 Å². The fourth-order valence-electron chi connectivity index (χ4n) is 3.89. The summed E-state index contributed by atoms with van der Waals surface area (Å²) in [7, 11) is 0. The molecule has 1 N–H and O–H groups in total. The quantitative estimate of drug-likeness (QED) is 0.886. The van der Waals surface area contributed by atoms with Gasteiger partial charge in [-0.3, -0.25) is 9.97 Å². The van der Waals surface area contributed by atoms with Crippen LogP contribution in [0.15, 0.2) is 12.4 Å². The van der Waals surface area contributed by atoms with Crippen LogP contribution in [0.25, 0.3) is 0 Å². The number of aryl methyl sites for hydroxylation is 1. The molecule has 0 aromatic carbocycles. The lowest BCUT2D eigenvalue weighted by Crippen LogP contribution is -2.29. The van der Waals surface area contributed by atoms with Gasteiger partial charge >= 0.3 is 0 Å². The molecule has 0 amide bonds. The fourth-order valence-corrected chi connectivity index (χ4v) is 3.89. The second kappa shape index (κ2) is 4.96. The molecule has 0 spiro atoms. The van der Waals surface area contributed by atoms with Gasteiger partial charge in [0.15, 0.2) is 0 Å². The van der Waals surface area contributed by atoms with Crippen molar-refractivity contribution in [1.82, 2.24) is 15.3 Å². The Morgan fingerprint density at radius 1 is 1.28 bits per heavy atom. The Morgan fingerprint density at radius 2 is 2.11 bits per heavy atom. The summed E-state index contributed by atoms with van der Waals surface area (Å²) in [6.07, 6.45) is 9.45. The first kappa shape index (κ1) is 12.1. The molecule has 4 unspecified atom stereocenters. The number of hydrogen-bond acceptors (Lipinski definition) is 3. The van der Waals surface area contributed by atoms with E-state index in [-0.39, 0.29) is 0 Å². The highest BCUT2D eigenvalue weighted by atomic mass is 15.0. The SMILES string of the molecule is Cc1nccnc1C(C)NCC1CC2CCC1C2. The zero-order valence-corrected chi connectivity index (χ0v) is 11.4. The maximum Gasteiger partial charge on any atom is 0.0782 e. The highest BCUT2D eigenvalue weighted by Gasteiger charge is 2.39. The Bertz CT molecular complexity index is 418. The van der Waals surface area contributed by atoms with E-state index in [9.17, 15) is 0 Å². The van der Waals surface area contributed by atoms with Crippen LogP contribution in [0, 0.1) is 24.7 Å². The molecular formula is C15H23N3. The summed E-state index contributed by atoms with van der Waals surface area (Å²) in [5.41, 5.74) is 2.14. The molecule has 98 valence electrons. The molecule has 1 aromatic heterocycles. The second-order valence-electron chi connectivity index (χ2n) is 6.09. The Labute approximate surface area is 109 Å². The molecular weight excluding hydrogens is 222 g/mol. The molecule has 1 aromatic rings. The van der Waals surface area contributed by atoms with E-state index in [0.29, 0.717) is 6.04 Å². The minimum Gasteiger partial charge on any atom is -0.309 e. The molecule has 3 nitrogen and oxygen atoms in total. The summed E-state index contributed by atoms with van der Waals surface area (Å²) in [6, 6.07) is 0.317. The van der Waals surface area contributed by atoms with Crippen LogP contribution < -0.4 is 5.32 Å². The Hall–Kier alpha value is -0.960. The van der Waals surface area contributed by atoms with Gasteiger partial charge in [0.2, 0.25) is 0 Å². The van der Waals surface area contributed by atoms with Gasteiger partial charge in [-0.2, -0.15) is 0 Å². The molecule has 2 bridgehead atoms. The number of hydrogen-bond donors (Lipinski definition) is 1. The van der Waals surface area contributed by atoms with Crippen LogP contribution in [0.3, 0.4) is 0 Å². The van der Waals surface area contributed by atoms with Gasteiger partial charge in [0, 0.05) is 18.4 Å². The van der Waals surface area contributed by atoms with Gasteiger partial charge in [-0.05, 0) is 57.4 Å². The number of fused-ring (bicyclic) bond motifs is 2. The van der Waals surface area contributed by atoms with Crippen molar-refractivity contribution < 1.29 is 0 Å². The molecule has 0 aliphatic heterocycles. The van der Waals surface area contributed by atoms with Crippen molar-refractivity contribution in [3.05, 3.63) is 23.8 Å². The standard InChI is InChI=1S/C15H23N3/c1-10-15(17-6-5-16-10)11(2)18-9-14-8-12-3-4-13(14)7-12/h5-6,11-14,18H,3-4,7-9H2,1-2H3. The lowest BCUT2D eigenvalue weighted by Gasteiger charge is -2.24. The van der Waals surface area contributed by atoms with Gasteiger partial charge in [0.25, 0.3) is 0 Å². The van der Waals surface area contributed by atoms with Crippen molar-refractivity contribution in [2.24, 2.45) is 17.8 Å². The van der Waals surface area contributed by atoms with Crippen molar-refractivity contribution in [2.75, 3.05) is 6.54 Å². The second-order valence-corrected chi connectivity index (χ2v) is 6.09. The molecule has 3 rings (SSSR count). The summed E-state index contributed by atoms with van der Waals surface area (Å²) in [5, 5.41) is 3.66. The summed E-state index contributed by atoms with van der Waals surface area (Å²) >= 11 is 0. The minimum absolute atomic E-state index is 0.317. The van der Waals surface area contributed by atoms with Crippen LogP contribution in [0.1, 0.15) is 50.0 Å². The van der Waals surface area contributed by atoms with Crippen molar-refractivity contribution in [3.8, 4) is 0 Å². The third-order valence-corrected chi connectivity index (χ3v) is 4.90. The van der Waals surface area contributed by atoms with E-state index in [4.69, 9.17) is 0 Å². The molecule has 2 aliphatic carbocycles. The third kappa shape index (κ3) is 2.28. The summed E-state index contributed by atoms with van der Waals surface area (Å²) in [5.74, 6) is 2.94. The monoisotopic (exact) mass is 245 g/mol. The van der Waals surface area contributed by atoms with Crippen LogP contribution in [-0.2, 0) is 0 Å². The smallest absolute Gasteiger partial charge is 0.0782 e.